The zero-order valence-electron chi connectivity index (χ0n) is 16.4. The van der Waals surface area contributed by atoms with Gasteiger partial charge in [0.25, 0.3) is 0 Å². The summed E-state index contributed by atoms with van der Waals surface area (Å²) < 4.78 is 7.89. The highest BCUT2D eigenvalue weighted by Crippen LogP contribution is 2.16. The van der Waals surface area contributed by atoms with Crippen LogP contribution in [0.2, 0.25) is 0 Å². The third-order valence-electron chi connectivity index (χ3n) is 4.63. The summed E-state index contributed by atoms with van der Waals surface area (Å²) in [5.74, 6) is 0.697. The smallest absolute Gasteiger partial charge is 0.320 e. The van der Waals surface area contributed by atoms with Gasteiger partial charge in [-0.1, -0.05) is 41.1 Å². The lowest BCUT2D eigenvalue weighted by Crippen LogP contribution is -2.40. The highest BCUT2D eigenvalue weighted by Gasteiger charge is 2.12. The van der Waals surface area contributed by atoms with Crippen LogP contribution in [-0.4, -0.2) is 19.3 Å². The molecule has 29 heavy (non-hydrogen) atoms. The second kappa shape index (κ2) is 7.35. The molecule has 0 saturated carbocycles. The Balaban J connectivity index is 1.64. The Labute approximate surface area is 166 Å². The Kier molecular flexibility index (Phi) is 4.72. The van der Waals surface area contributed by atoms with Crippen molar-refractivity contribution in [3.63, 3.8) is 0 Å². The third-order valence-corrected chi connectivity index (χ3v) is 4.63. The number of hydrogen-bond acceptors (Lipinski definition) is 5. The van der Waals surface area contributed by atoms with Crippen molar-refractivity contribution in [3.8, 4) is 17.1 Å². The molecular weight excluding hydrogens is 368 g/mol. The first-order valence-electron chi connectivity index (χ1n) is 9.21. The summed E-state index contributed by atoms with van der Waals surface area (Å²) in [6.45, 7) is 5.92. The summed E-state index contributed by atoms with van der Waals surface area (Å²) in [5.41, 5.74) is 3.38. The SMILES string of the molecule is Cc1ccc(-c2noc(Cn3ccn(-c4cc(C)cc(C)c4)c(=O)c3=O)n2)cc1. The molecule has 0 radical (unpaired) electrons. The first kappa shape index (κ1) is 18.6. The number of aromatic nitrogens is 4. The first-order chi connectivity index (χ1) is 13.9. The van der Waals surface area contributed by atoms with Crippen molar-refractivity contribution < 1.29 is 4.52 Å². The molecule has 0 unspecified atom stereocenters. The van der Waals surface area contributed by atoms with Gasteiger partial charge in [-0.3, -0.25) is 18.7 Å². The average Bonchev–Trinajstić information content (AvgIpc) is 3.14. The van der Waals surface area contributed by atoms with Crippen LogP contribution in [0.4, 0.5) is 0 Å². The minimum absolute atomic E-state index is 0.0284. The number of hydrogen-bond donors (Lipinski definition) is 0. The minimum atomic E-state index is -0.651. The van der Waals surface area contributed by atoms with Crippen LogP contribution in [0.25, 0.3) is 17.1 Å². The fraction of sp³-hybridized carbons (Fsp3) is 0.182. The van der Waals surface area contributed by atoms with Gasteiger partial charge in [-0.2, -0.15) is 4.98 Å². The fourth-order valence-corrected chi connectivity index (χ4v) is 3.21. The maximum absolute atomic E-state index is 12.6. The lowest BCUT2D eigenvalue weighted by Gasteiger charge is -2.09. The summed E-state index contributed by atoms with van der Waals surface area (Å²) >= 11 is 0. The normalized spacial score (nSPS) is 11.0. The van der Waals surface area contributed by atoms with Crippen LogP contribution in [0.5, 0.6) is 0 Å². The van der Waals surface area contributed by atoms with Crippen LogP contribution < -0.4 is 11.1 Å². The molecule has 0 saturated heterocycles. The standard InChI is InChI=1S/C22H20N4O3/c1-14-4-6-17(7-5-14)20-23-19(29-24-20)13-25-8-9-26(22(28)21(25)27)18-11-15(2)10-16(3)12-18/h4-12H,13H2,1-3H3. The Bertz CT molecular complexity index is 1280. The van der Waals surface area contributed by atoms with Gasteiger partial charge in [0, 0.05) is 23.6 Å². The molecule has 2 aromatic heterocycles. The summed E-state index contributed by atoms with van der Waals surface area (Å²) in [6.07, 6.45) is 3.13. The number of benzene rings is 2. The van der Waals surface area contributed by atoms with E-state index >= 15 is 0 Å². The van der Waals surface area contributed by atoms with Crippen LogP contribution in [0.3, 0.4) is 0 Å². The molecule has 0 atom stereocenters. The van der Waals surface area contributed by atoms with Crippen LogP contribution in [0, 0.1) is 20.8 Å². The van der Waals surface area contributed by atoms with E-state index in [-0.39, 0.29) is 12.4 Å². The van der Waals surface area contributed by atoms with Gasteiger partial charge in [-0.15, -0.1) is 0 Å². The average molecular weight is 388 g/mol. The topological polar surface area (TPSA) is 82.9 Å². The number of rotatable bonds is 4. The van der Waals surface area contributed by atoms with E-state index in [9.17, 15) is 9.59 Å². The third kappa shape index (κ3) is 3.80. The fourth-order valence-electron chi connectivity index (χ4n) is 3.21. The molecule has 0 spiro atoms. The second-order valence-electron chi connectivity index (χ2n) is 7.13. The molecule has 0 fully saturated rings. The van der Waals surface area contributed by atoms with E-state index in [0.29, 0.717) is 11.5 Å². The molecule has 7 nitrogen and oxygen atoms in total. The summed E-state index contributed by atoms with van der Waals surface area (Å²) in [4.78, 5) is 29.5. The van der Waals surface area contributed by atoms with Crippen LogP contribution in [-0.2, 0) is 6.54 Å². The van der Waals surface area contributed by atoms with E-state index in [1.165, 1.54) is 9.13 Å². The summed E-state index contributed by atoms with van der Waals surface area (Å²) in [6, 6.07) is 13.5. The van der Waals surface area contributed by atoms with Crippen LogP contribution in [0.1, 0.15) is 22.6 Å². The monoisotopic (exact) mass is 388 g/mol. The molecule has 2 aromatic carbocycles. The molecule has 4 rings (SSSR count). The van der Waals surface area contributed by atoms with E-state index in [0.717, 1.165) is 22.3 Å². The van der Waals surface area contributed by atoms with E-state index in [4.69, 9.17) is 4.52 Å². The van der Waals surface area contributed by atoms with Crippen molar-refractivity contribution in [3.05, 3.63) is 98.1 Å². The second-order valence-corrected chi connectivity index (χ2v) is 7.13. The highest BCUT2D eigenvalue weighted by atomic mass is 16.5. The molecule has 0 aliphatic heterocycles. The quantitative estimate of drug-likeness (QED) is 0.502. The minimum Gasteiger partial charge on any atom is -0.337 e. The maximum atomic E-state index is 12.6. The van der Waals surface area contributed by atoms with Gasteiger partial charge in [0.05, 0.1) is 0 Å². The van der Waals surface area contributed by atoms with Crippen molar-refractivity contribution in [2.45, 2.75) is 27.3 Å². The molecule has 0 bridgehead atoms. The molecule has 0 N–H and O–H groups in total. The molecule has 0 aliphatic carbocycles. The highest BCUT2D eigenvalue weighted by molar-refractivity contribution is 5.54. The molecule has 0 aliphatic rings. The van der Waals surface area contributed by atoms with Gasteiger partial charge in [0.2, 0.25) is 11.7 Å². The molecule has 7 heteroatoms. The molecular formula is C22H20N4O3. The molecule has 146 valence electrons. The van der Waals surface area contributed by atoms with Gasteiger partial charge in [-0.25, -0.2) is 0 Å². The van der Waals surface area contributed by atoms with Crippen molar-refractivity contribution in [2.24, 2.45) is 0 Å². The largest absolute Gasteiger partial charge is 0.337 e. The van der Waals surface area contributed by atoms with E-state index in [2.05, 4.69) is 10.1 Å². The van der Waals surface area contributed by atoms with Crippen molar-refractivity contribution in [1.82, 2.24) is 19.3 Å². The maximum Gasteiger partial charge on any atom is 0.320 e. The Hall–Kier alpha value is -3.74. The Morgan fingerprint density at radius 2 is 1.55 bits per heavy atom. The van der Waals surface area contributed by atoms with Gasteiger partial charge in [-0.05, 0) is 44.0 Å². The predicted octanol–water partition coefficient (Wildman–Crippen LogP) is 3.02. The van der Waals surface area contributed by atoms with E-state index in [1.807, 2.05) is 63.2 Å². The van der Waals surface area contributed by atoms with Gasteiger partial charge >= 0.3 is 11.1 Å². The number of nitrogens with zero attached hydrogens (tertiary/aromatic N) is 4. The van der Waals surface area contributed by atoms with Crippen molar-refractivity contribution in [2.75, 3.05) is 0 Å². The molecule has 2 heterocycles. The Morgan fingerprint density at radius 1 is 0.862 bits per heavy atom. The first-order valence-corrected chi connectivity index (χ1v) is 9.21. The summed E-state index contributed by atoms with van der Waals surface area (Å²) in [5, 5.41) is 3.96. The molecule has 4 aromatic rings. The lowest BCUT2D eigenvalue weighted by molar-refractivity contribution is 0.369. The number of aryl methyl sites for hydroxylation is 3. The zero-order valence-corrected chi connectivity index (χ0v) is 16.4. The lowest BCUT2D eigenvalue weighted by atomic mass is 10.1. The van der Waals surface area contributed by atoms with E-state index in [1.54, 1.807) is 12.4 Å². The predicted molar refractivity (Wildman–Crippen MR) is 109 cm³/mol. The van der Waals surface area contributed by atoms with Crippen LogP contribution in [0.15, 0.2) is 69.0 Å². The van der Waals surface area contributed by atoms with Crippen molar-refractivity contribution in [1.29, 1.82) is 0 Å². The summed E-state index contributed by atoms with van der Waals surface area (Å²) in [7, 11) is 0. The Morgan fingerprint density at radius 3 is 2.24 bits per heavy atom. The van der Waals surface area contributed by atoms with Gasteiger partial charge < -0.3 is 4.52 Å². The van der Waals surface area contributed by atoms with Gasteiger partial charge in [0.1, 0.15) is 6.54 Å². The van der Waals surface area contributed by atoms with Crippen molar-refractivity contribution >= 4 is 0 Å². The van der Waals surface area contributed by atoms with Crippen LogP contribution >= 0.6 is 0 Å². The van der Waals surface area contributed by atoms with E-state index < -0.39 is 11.1 Å². The molecule has 0 amide bonds. The van der Waals surface area contributed by atoms with Gasteiger partial charge in [0.15, 0.2) is 0 Å². The zero-order chi connectivity index (χ0) is 20.5.